The summed E-state index contributed by atoms with van der Waals surface area (Å²) >= 11 is 0. The number of nitrogens with one attached hydrogen (secondary N) is 1. The van der Waals surface area contributed by atoms with Gasteiger partial charge in [-0.1, -0.05) is 24.6 Å². The normalized spacial score (nSPS) is 15.1. The van der Waals surface area contributed by atoms with Gasteiger partial charge in [-0.25, -0.2) is 4.79 Å². The third-order valence-corrected chi connectivity index (χ3v) is 4.21. The average molecular weight is 395 g/mol. The summed E-state index contributed by atoms with van der Waals surface area (Å²) in [5.41, 5.74) is 7.22. The molecule has 0 radical (unpaired) electrons. The maximum Gasteiger partial charge on any atom is 0.358 e. The van der Waals surface area contributed by atoms with Crippen molar-refractivity contribution in [1.29, 1.82) is 0 Å². The van der Waals surface area contributed by atoms with E-state index in [1.54, 1.807) is 0 Å². The summed E-state index contributed by atoms with van der Waals surface area (Å²) < 4.78 is 10.9. The van der Waals surface area contributed by atoms with E-state index < -0.39 is 5.97 Å². The van der Waals surface area contributed by atoms with Crippen molar-refractivity contribution < 1.29 is 19.4 Å². The first-order chi connectivity index (χ1) is 13.4. The van der Waals surface area contributed by atoms with Crippen LogP contribution in [0.15, 0.2) is 41.9 Å². The van der Waals surface area contributed by atoms with Gasteiger partial charge in [-0.05, 0) is 58.3 Å². The van der Waals surface area contributed by atoms with Gasteiger partial charge in [-0.2, -0.15) is 0 Å². The molecule has 28 heavy (non-hydrogen) atoms. The fraction of sp³-hybridized carbons (Fsp3) is 0.550. The molecule has 0 aromatic heterocycles. The van der Waals surface area contributed by atoms with Crippen LogP contribution in [-0.4, -0.2) is 49.3 Å². The lowest BCUT2D eigenvalue weighted by molar-refractivity contribution is -0.133. The molecule has 6 N–H and O–H groups in total. The van der Waals surface area contributed by atoms with Crippen LogP contribution in [-0.2, 0) is 9.53 Å². The molecule has 0 spiro atoms. The Bertz CT molecular complexity index is 587. The van der Waals surface area contributed by atoms with Gasteiger partial charge >= 0.3 is 5.97 Å². The summed E-state index contributed by atoms with van der Waals surface area (Å²) in [5.74, 6) is 4.63. The Labute approximate surface area is 167 Å². The molecule has 0 heterocycles. The number of hydrogen-bond donors (Lipinski definition) is 4. The van der Waals surface area contributed by atoms with Crippen LogP contribution in [0.5, 0.6) is 5.75 Å². The Morgan fingerprint density at radius 2 is 1.86 bits per heavy atom. The summed E-state index contributed by atoms with van der Waals surface area (Å²) in [6.07, 6.45) is 6.30. The highest BCUT2D eigenvalue weighted by Crippen LogP contribution is 2.21. The number of rotatable bonds is 9. The molecule has 8 nitrogen and oxygen atoms in total. The van der Waals surface area contributed by atoms with E-state index in [2.05, 4.69) is 19.0 Å². The monoisotopic (exact) mass is 394 g/mol. The number of nitrogens with two attached hydrogens (primary N) is 2. The zero-order chi connectivity index (χ0) is 20.8. The van der Waals surface area contributed by atoms with Gasteiger partial charge in [0.15, 0.2) is 5.70 Å². The van der Waals surface area contributed by atoms with Gasteiger partial charge in [0.2, 0.25) is 5.88 Å². The van der Waals surface area contributed by atoms with E-state index in [0.717, 1.165) is 51.0 Å². The third kappa shape index (κ3) is 10.0. The number of para-hydroxylation sites is 1. The van der Waals surface area contributed by atoms with Gasteiger partial charge in [-0.15, -0.1) is 0 Å². The molecule has 1 saturated carbocycles. The standard InChI is InChI=1S/C11H17NO.C9H17N3O3/c1-12(2)9-6-10-13-11-7-4-3-5-8-11;10-8(7(12-11)9(13)14)15-6-4-2-1-3-5-6/h3-5,7-8H,6,9-10H2,1-2H3;6,12H,1-5,10-11H2,(H,13,14)/b;8-7+. The number of nitrogens with zero attached hydrogens (tertiary/aromatic N) is 1. The molecule has 0 aliphatic heterocycles. The highest BCUT2D eigenvalue weighted by atomic mass is 16.5. The van der Waals surface area contributed by atoms with Gasteiger partial charge in [0.25, 0.3) is 0 Å². The summed E-state index contributed by atoms with van der Waals surface area (Å²) in [6.45, 7) is 1.87. The summed E-state index contributed by atoms with van der Waals surface area (Å²) in [7, 11) is 4.14. The smallest absolute Gasteiger partial charge is 0.358 e. The van der Waals surface area contributed by atoms with Gasteiger partial charge in [-0.3, -0.25) is 5.84 Å². The van der Waals surface area contributed by atoms with Crippen molar-refractivity contribution in [3.05, 3.63) is 41.9 Å². The first-order valence-electron chi connectivity index (χ1n) is 9.63. The third-order valence-electron chi connectivity index (χ3n) is 4.21. The second kappa shape index (κ2) is 13.7. The number of carboxylic acids is 1. The topological polar surface area (TPSA) is 123 Å². The minimum absolute atomic E-state index is 0.0152. The SMILES string of the molecule is CN(C)CCCOc1ccccc1.NN/C(C(=O)O)=C(\N)OC1CCCCC1. The predicted octanol–water partition coefficient (Wildman–Crippen LogP) is 2.03. The number of carbonyl (C=O) groups is 1. The first kappa shape index (κ1) is 23.6. The zero-order valence-electron chi connectivity index (χ0n) is 16.9. The molecule has 8 heteroatoms. The molecule has 1 fully saturated rings. The van der Waals surface area contributed by atoms with E-state index >= 15 is 0 Å². The van der Waals surface area contributed by atoms with Crippen molar-refractivity contribution in [3.63, 3.8) is 0 Å². The van der Waals surface area contributed by atoms with Crippen LogP contribution < -0.4 is 21.7 Å². The van der Waals surface area contributed by atoms with Crippen LogP contribution in [0, 0.1) is 0 Å². The van der Waals surface area contributed by atoms with Crippen molar-refractivity contribution in [2.45, 2.75) is 44.6 Å². The second-order valence-corrected chi connectivity index (χ2v) is 6.88. The molecule has 0 unspecified atom stereocenters. The highest BCUT2D eigenvalue weighted by molar-refractivity contribution is 5.86. The van der Waals surface area contributed by atoms with Crippen LogP contribution in [0.25, 0.3) is 0 Å². The Hall–Kier alpha value is -2.45. The molecule has 1 aromatic rings. The Balaban J connectivity index is 0.000000283. The number of ether oxygens (including phenoxy) is 2. The zero-order valence-corrected chi connectivity index (χ0v) is 16.9. The maximum absolute atomic E-state index is 10.7. The lowest BCUT2D eigenvalue weighted by Gasteiger charge is -2.23. The molecular formula is C20H34N4O4. The molecule has 1 aromatic carbocycles. The highest BCUT2D eigenvalue weighted by Gasteiger charge is 2.19. The Kier molecular flexibility index (Phi) is 11.5. The molecule has 158 valence electrons. The average Bonchev–Trinajstić information content (AvgIpc) is 2.67. The van der Waals surface area contributed by atoms with E-state index in [4.69, 9.17) is 26.2 Å². The van der Waals surface area contributed by atoms with Crippen LogP contribution in [0.1, 0.15) is 38.5 Å². The fourth-order valence-corrected chi connectivity index (χ4v) is 2.75. The van der Waals surface area contributed by atoms with Gasteiger partial charge < -0.3 is 30.6 Å². The van der Waals surface area contributed by atoms with Gasteiger partial charge in [0.1, 0.15) is 11.9 Å². The number of benzene rings is 1. The number of carboxylic acid groups (broad SMARTS) is 1. The first-order valence-corrected chi connectivity index (χ1v) is 9.63. The van der Waals surface area contributed by atoms with Crippen LogP contribution in [0.2, 0.25) is 0 Å². The van der Waals surface area contributed by atoms with E-state index in [1.165, 1.54) is 6.42 Å². The van der Waals surface area contributed by atoms with E-state index in [9.17, 15) is 4.79 Å². The molecule has 0 atom stereocenters. The Morgan fingerprint density at radius 3 is 2.39 bits per heavy atom. The minimum Gasteiger partial charge on any atom is -0.494 e. The van der Waals surface area contributed by atoms with Crippen molar-refractivity contribution in [1.82, 2.24) is 10.3 Å². The van der Waals surface area contributed by atoms with E-state index in [-0.39, 0.29) is 17.7 Å². The molecule has 1 aliphatic carbocycles. The van der Waals surface area contributed by atoms with Crippen molar-refractivity contribution in [2.24, 2.45) is 11.6 Å². The molecule has 2 rings (SSSR count). The van der Waals surface area contributed by atoms with Crippen LogP contribution >= 0.6 is 0 Å². The quantitative estimate of drug-likeness (QED) is 0.165. The molecule has 1 aliphatic rings. The summed E-state index contributed by atoms with van der Waals surface area (Å²) in [6, 6.07) is 9.93. The van der Waals surface area contributed by atoms with Crippen LogP contribution in [0.4, 0.5) is 0 Å². The largest absolute Gasteiger partial charge is 0.494 e. The lowest BCUT2D eigenvalue weighted by atomic mass is 9.98. The minimum atomic E-state index is -1.22. The number of hydrazine groups is 1. The molecule has 0 bridgehead atoms. The van der Waals surface area contributed by atoms with E-state index in [1.807, 2.05) is 35.8 Å². The van der Waals surface area contributed by atoms with Gasteiger partial charge in [0.05, 0.1) is 6.61 Å². The number of aliphatic carboxylic acids is 1. The molecule has 0 saturated heterocycles. The Morgan fingerprint density at radius 1 is 1.21 bits per heavy atom. The van der Waals surface area contributed by atoms with E-state index in [0.29, 0.717) is 0 Å². The van der Waals surface area contributed by atoms with Crippen molar-refractivity contribution in [2.75, 3.05) is 27.2 Å². The predicted molar refractivity (Wildman–Crippen MR) is 109 cm³/mol. The van der Waals surface area contributed by atoms with Crippen molar-refractivity contribution in [3.8, 4) is 5.75 Å². The maximum atomic E-state index is 10.7. The molecule has 0 amide bonds. The summed E-state index contributed by atoms with van der Waals surface area (Å²) in [4.78, 5) is 12.8. The van der Waals surface area contributed by atoms with Crippen LogP contribution in [0.3, 0.4) is 0 Å². The molecular weight excluding hydrogens is 360 g/mol. The summed E-state index contributed by atoms with van der Waals surface area (Å²) in [5, 5.41) is 8.71. The number of hydrogen-bond acceptors (Lipinski definition) is 7. The lowest BCUT2D eigenvalue weighted by Crippen LogP contribution is -2.32. The van der Waals surface area contributed by atoms with Crippen molar-refractivity contribution >= 4 is 5.97 Å². The van der Waals surface area contributed by atoms with Gasteiger partial charge in [0, 0.05) is 6.54 Å². The fourth-order valence-electron chi connectivity index (χ4n) is 2.75. The second-order valence-electron chi connectivity index (χ2n) is 6.88.